The van der Waals surface area contributed by atoms with Gasteiger partial charge in [0, 0.05) is 24.7 Å². The highest BCUT2D eigenvalue weighted by Crippen LogP contribution is 2.28. The van der Waals surface area contributed by atoms with Gasteiger partial charge in [-0.1, -0.05) is 37.1 Å². The van der Waals surface area contributed by atoms with E-state index in [1.165, 1.54) is 0 Å². The molecule has 1 aliphatic carbocycles. The second-order valence-electron chi connectivity index (χ2n) is 5.66. The number of hydrogen-bond acceptors (Lipinski definition) is 2. The third-order valence-corrected chi connectivity index (χ3v) is 4.85. The van der Waals surface area contributed by atoms with Gasteiger partial charge in [-0.3, -0.25) is 9.78 Å². The van der Waals surface area contributed by atoms with Crippen molar-refractivity contribution >= 4 is 28.3 Å². The van der Waals surface area contributed by atoms with E-state index < -0.39 is 0 Å². The van der Waals surface area contributed by atoms with Crippen LogP contribution < -0.4 is 0 Å². The Morgan fingerprint density at radius 3 is 2.81 bits per heavy atom. The van der Waals surface area contributed by atoms with Crippen molar-refractivity contribution in [2.75, 3.05) is 7.05 Å². The van der Waals surface area contributed by atoms with E-state index in [1.54, 1.807) is 11.1 Å². The SMILES string of the molecule is CN(C(=O)c1nccc2ccccc12)C1CCCCC1Cl. The average Bonchev–Trinajstić information content (AvgIpc) is 2.53. The summed E-state index contributed by atoms with van der Waals surface area (Å²) in [5, 5.41) is 1.98. The van der Waals surface area contributed by atoms with Crippen molar-refractivity contribution < 1.29 is 4.79 Å². The molecule has 4 heteroatoms. The van der Waals surface area contributed by atoms with Gasteiger partial charge in [0.1, 0.15) is 5.69 Å². The Balaban J connectivity index is 1.93. The van der Waals surface area contributed by atoms with Crippen LogP contribution in [-0.4, -0.2) is 34.3 Å². The molecule has 2 atom stereocenters. The molecular weight excluding hydrogens is 284 g/mol. The van der Waals surface area contributed by atoms with Crippen LogP contribution >= 0.6 is 11.6 Å². The molecule has 3 nitrogen and oxygen atoms in total. The lowest BCUT2D eigenvalue weighted by Crippen LogP contribution is -2.44. The van der Waals surface area contributed by atoms with Gasteiger partial charge >= 0.3 is 0 Å². The molecule has 1 saturated carbocycles. The van der Waals surface area contributed by atoms with Gasteiger partial charge in [-0.15, -0.1) is 11.6 Å². The summed E-state index contributed by atoms with van der Waals surface area (Å²) in [5.41, 5.74) is 0.519. The van der Waals surface area contributed by atoms with Gasteiger partial charge in [-0.2, -0.15) is 0 Å². The number of hydrogen-bond donors (Lipinski definition) is 0. The molecule has 0 bridgehead atoms. The molecule has 1 aromatic heterocycles. The summed E-state index contributed by atoms with van der Waals surface area (Å²) in [6.45, 7) is 0. The molecule has 2 unspecified atom stereocenters. The van der Waals surface area contributed by atoms with Crippen LogP contribution in [-0.2, 0) is 0 Å². The normalized spacial score (nSPS) is 22.2. The second-order valence-corrected chi connectivity index (χ2v) is 6.23. The first-order valence-corrected chi connectivity index (χ1v) is 7.87. The topological polar surface area (TPSA) is 33.2 Å². The monoisotopic (exact) mass is 302 g/mol. The van der Waals surface area contributed by atoms with E-state index in [0.717, 1.165) is 36.5 Å². The molecule has 1 heterocycles. The number of aromatic nitrogens is 1. The Bertz CT molecular complexity index is 653. The molecule has 0 spiro atoms. The quantitative estimate of drug-likeness (QED) is 0.789. The Hall–Kier alpha value is -1.61. The van der Waals surface area contributed by atoms with E-state index in [0.29, 0.717) is 5.69 Å². The molecule has 0 radical (unpaired) electrons. The summed E-state index contributed by atoms with van der Waals surface area (Å²) in [4.78, 5) is 18.9. The van der Waals surface area contributed by atoms with Crippen molar-refractivity contribution in [2.45, 2.75) is 37.1 Å². The number of fused-ring (bicyclic) bond motifs is 1. The van der Waals surface area contributed by atoms with Crippen molar-refractivity contribution in [1.82, 2.24) is 9.88 Å². The molecule has 1 amide bonds. The number of carbonyl (C=O) groups excluding carboxylic acids is 1. The van der Waals surface area contributed by atoms with Crippen LogP contribution in [0.25, 0.3) is 10.8 Å². The molecule has 0 N–H and O–H groups in total. The number of nitrogens with zero attached hydrogens (tertiary/aromatic N) is 2. The van der Waals surface area contributed by atoms with Gasteiger partial charge in [0.25, 0.3) is 5.91 Å². The number of amides is 1. The van der Waals surface area contributed by atoms with E-state index in [9.17, 15) is 4.79 Å². The molecule has 2 aromatic rings. The summed E-state index contributed by atoms with van der Waals surface area (Å²) in [6, 6.07) is 9.88. The molecule has 1 aromatic carbocycles. The van der Waals surface area contributed by atoms with Crippen molar-refractivity contribution in [3.63, 3.8) is 0 Å². The number of rotatable bonds is 2. The Kier molecular flexibility index (Phi) is 4.11. The predicted molar refractivity (Wildman–Crippen MR) is 85.7 cm³/mol. The fraction of sp³-hybridized carbons (Fsp3) is 0.412. The van der Waals surface area contributed by atoms with Crippen LogP contribution in [0.15, 0.2) is 36.5 Å². The third-order valence-electron chi connectivity index (χ3n) is 4.34. The molecular formula is C17H19ClN2O. The second kappa shape index (κ2) is 6.02. The number of halogens is 1. The van der Waals surface area contributed by atoms with Crippen molar-refractivity contribution in [1.29, 1.82) is 0 Å². The van der Waals surface area contributed by atoms with E-state index in [4.69, 9.17) is 11.6 Å². The maximum atomic E-state index is 12.8. The average molecular weight is 303 g/mol. The minimum atomic E-state index is -0.0376. The Morgan fingerprint density at radius 1 is 1.24 bits per heavy atom. The van der Waals surface area contributed by atoms with Crippen molar-refractivity contribution in [3.05, 3.63) is 42.2 Å². The van der Waals surface area contributed by atoms with E-state index >= 15 is 0 Å². The number of benzene rings is 1. The Morgan fingerprint density at radius 2 is 2.00 bits per heavy atom. The van der Waals surface area contributed by atoms with Gasteiger partial charge in [0.15, 0.2) is 0 Å². The van der Waals surface area contributed by atoms with Crippen LogP contribution in [0.1, 0.15) is 36.2 Å². The Labute approximate surface area is 129 Å². The maximum absolute atomic E-state index is 12.8. The minimum absolute atomic E-state index is 0.0376. The lowest BCUT2D eigenvalue weighted by Gasteiger charge is -2.34. The van der Waals surface area contributed by atoms with Gasteiger partial charge in [0.05, 0.1) is 5.38 Å². The highest BCUT2D eigenvalue weighted by Gasteiger charge is 2.30. The zero-order chi connectivity index (χ0) is 14.8. The zero-order valence-electron chi connectivity index (χ0n) is 12.1. The maximum Gasteiger partial charge on any atom is 0.273 e. The van der Waals surface area contributed by atoms with Gasteiger partial charge in [-0.05, 0) is 24.3 Å². The predicted octanol–water partition coefficient (Wildman–Crippen LogP) is 3.86. The lowest BCUT2D eigenvalue weighted by atomic mass is 9.93. The molecule has 110 valence electrons. The fourth-order valence-corrected chi connectivity index (χ4v) is 3.56. The van der Waals surface area contributed by atoms with E-state index in [-0.39, 0.29) is 17.3 Å². The van der Waals surface area contributed by atoms with E-state index in [1.807, 2.05) is 37.4 Å². The first-order chi connectivity index (χ1) is 10.2. The van der Waals surface area contributed by atoms with Gasteiger partial charge in [0.2, 0.25) is 0 Å². The number of alkyl halides is 1. The van der Waals surface area contributed by atoms with E-state index in [2.05, 4.69) is 4.98 Å². The van der Waals surface area contributed by atoms with Crippen LogP contribution in [0.4, 0.5) is 0 Å². The minimum Gasteiger partial charge on any atom is -0.336 e. The lowest BCUT2D eigenvalue weighted by molar-refractivity contribution is 0.0696. The first-order valence-electron chi connectivity index (χ1n) is 7.43. The molecule has 1 aliphatic rings. The zero-order valence-corrected chi connectivity index (χ0v) is 12.9. The van der Waals surface area contributed by atoms with Crippen LogP contribution in [0.5, 0.6) is 0 Å². The van der Waals surface area contributed by atoms with Gasteiger partial charge < -0.3 is 4.90 Å². The van der Waals surface area contributed by atoms with Crippen LogP contribution in [0.2, 0.25) is 0 Å². The third kappa shape index (κ3) is 2.75. The molecule has 0 saturated heterocycles. The molecule has 21 heavy (non-hydrogen) atoms. The van der Waals surface area contributed by atoms with Crippen molar-refractivity contribution in [2.24, 2.45) is 0 Å². The van der Waals surface area contributed by atoms with Crippen LogP contribution in [0, 0.1) is 0 Å². The number of carbonyl (C=O) groups is 1. The fourth-order valence-electron chi connectivity index (χ4n) is 3.11. The smallest absolute Gasteiger partial charge is 0.273 e. The molecule has 1 fully saturated rings. The summed E-state index contributed by atoms with van der Waals surface area (Å²) in [7, 11) is 1.84. The van der Waals surface area contributed by atoms with Crippen LogP contribution in [0.3, 0.4) is 0 Å². The number of pyridine rings is 1. The molecule has 3 rings (SSSR count). The summed E-state index contributed by atoms with van der Waals surface area (Å²) < 4.78 is 0. The summed E-state index contributed by atoms with van der Waals surface area (Å²) >= 11 is 6.41. The van der Waals surface area contributed by atoms with Gasteiger partial charge in [-0.25, -0.2) is 0 Å². The summed E-state index contributed by atoms with van der Waals surface area (Å²) in [6.07, 6.45) is 5.93. The standard InChI is InChI=1S/C17H19ClN2O/c1-20(15-9-5-4-8-14(15)18)17(21)16-13-7-3-2-6-12(13)10-11-19-16/h2-3,6-7,10-11,14-15H,4-5,8-9H2,1H3. The van der Waals surface area contributed by atoms with Crippen molar-refractivity contribution in [3.8, 4) is 0 Å². The first kappa shape index (κ1) is 14.3. The molecule has 0 aliphatic heterocycles. The summed E-state index contributed by atoms with van der Waals surface area (Å²) in [5.74, 6) is -0.0376. The largest absolute Gasteiger partial charge is 0.336 e. The highest BCUT2D eigenvalue weighted by atomic mass is 35.5. The highest BCUT2D eigenvalue weighted by molar-refractivity contribution is 6.21.